The molecule has 0 aromatic heterocycles. The lowest BCUT2D eigenvalue weighted by Gasteiger charge is -2.32. The first kappa shape index (κ1) is 13.0. The van der Waals surface area contributed by atoms with Gasteiger partial charge in [-0.3, -0.25) is 4.79 Å². The van der Waals surface area contributed by atoms with E-state index in [0.717, 1.165) is 44.1 Å². The van der Waals surface area contributed by atoms with Gasteiger partial charge >= 0.3 is 0 Å². The van der Waals surface area contributed by atoms with Crippen molar-refractivity contribution in [2.75, 3.05) is 18.4 Å². The summed E-state index contributed by atoms with van der Waals surface area (Å²) < 4.78 is 26.0. The molecule has 1 aromatic carbocycles. The summed E-state index contributed by atoms with van der Waals surface area (Å²) in [6.45, 7) is 3.43. The molecule has 0 bridgehead atoms. The second-order valence-corrected chi connectivity index (χ2v) is 4.92. The van der Waals surface area contributed by atoms with E-state index in [1.807, 2.05) is 6.92 Å². The first-order valence-electron chi connectivity index (χ1n) is 5.98. The van der Waals surface area contributed by atoms with Crippen molar-refractivity contribution in [3.8, 4) is 0 Å². The van der Waals surface area contributed by atoms with Crippen molar-refractivity contribution in [3.05, 3.63) is 29.8 Å². The van der Waals surface area contributed by atoms with Crippen molar-refractivity contribution in [1.29, 1.82) is 0 Å². The molecule has 1 saturated heterocycles. The van der Waals surface area contributed by atoms with Crippen LogP contribution in [-0.4, -0.2) is 19.0 Å². The van der Waals surface area contributed by atoms with Gasteiger partial charge in [0, 0.05) is 17.2 Å². The number of piperidine rings is 1. The molecular weight excluding hydrogens is 238 g/mol. The zero-order valence-corrected chi connectivity index (χ0v) is 10.2. The number of nitrogens with one attached hydrogen (secondary N) is 2. The fourth-order valence-corrected chi connectivity index (χ4v) is 2.11. The SMILES string of the molecule is CC1(C(=O)Nc2cc(F)cc(F)c2)CCNCC1. The van der Waals surface area contributed by atoms with Gasteiger partial charge in [-0.1, -0.05) is 6.92 Å². The Labute approximate surface area is 105 Å². The molecule has 1 aromatic rings. The Hall–Kier alpha value is -1.49. The molecule has 0 unspecified atom stereocenters. The fraction of sp³-hybridized carbons (Fsp3) is 0.462. The van der Waals surface area contributed by atoms with Crippen LogP contribution in [0.1, 0.15) is 19.8 Å². The van der Waals surface area contributed by atoms with Gasteiger partial charge in [0.1, 0.15) is 11.6 Å². The van der Waals surface area contributed by atoms with Crippen LogP contribution in [0, 0.1) is 17.0 Å². The highest BCUT2D eigenvalue weighted by Gasteiger charge is 2.34. The Morgan fingerprint density at radius 2 is 1.78 bits per heavy atom. The summed E-state index contributed by atoms with van der Waals surface area (Å²) in [5, 5.41) is 5.76. The number of carbonyl (C=O) groups is 1. The Kier molecular flexibility index (Phi) is 3.61. The molecule has 1 aliphatic rings. The lowest BCUT2D eigenvalue weighted by Crippen LogP contribution is -2.42. The number of benzene rings is 1. The third-order valence-corrected chi connectivity index (χ3v) is 3.38. The predicted molar refractivity (Wildman–Crippen MR) is 65.2 cm³/mol. The van der Waals surface area contributed by atoms with Crippen LogP contribution in [0.3, 0.4) is 0 Å². The van der Waals surface area contributed by atoms with E-state index in [1.54, 1.807) is 0 Å². The van der Waals surface area contributed by atoms with Crippen LogP contribution in [0.5, 0.6) is 0 Å². The van der Waals surface area contributed by atoms with Gasteiger partial charge in [0.25, 0.3) is 0 Å². The molecule has 2 rings (SSSR count). The van der Waals surface area contributed by atoms with E-state index in [2.05, 4.69) is 10.6 Å². The van der Waals surface area contributed by atoms with Crippen LogP contribution in [0.15, 0.2) is 18.2 Å². The monoisotopic (exact) mass is 254 g/mol. The quantitative estimate of drug-likeness (QED) is 0.850. The molecule has 98 valence electrons. The maximum atomic E-state index is 13.0. The smallest absolute Gasteiger partial charge is 0.230 e. The van der Waals surface area contributed by atoms with Crippen LogP contribution in [0.4, 0.5) is 14.5 Å². The molecular formula is C13H16F2N2O. The minimum Gasteiger partial charge on any atom is -0.325 e. The number of carbonyl (C=O) groups excluding carboxylic acids is 1. The number of hydrogen-bond donors (Lipinski definition) is 2. The first-order chi connectivity index (χ1) is 8.49. The molecule has 3 nitrogen and oxygen atoms in total. The van der Waals surface area contributed by atoms with Gasteiger partial charge in [-0.2, -0.15) is 0 Å². The van der Waals surface area contributed by atoms with Crippen molar-refractivity contribution in [2.45, 2.75) is 19.8 Å². The summed E-state index contributed by atoms with van der Waals surface area (Å²) in [5.74, 6) is -1.57. The van der Waals surface area contributed by atoms with Crippen LogP contribution in [-0.2, 0) is 4.79 Å². The van der Waals surface area contributed by atoms with Crippen molar-refractivity contribution in [3.63, 3.8) is 0 Å². The van der Waals surface area contributed by atoms with Gasteiger partial charge < -0.3 is 10.6 Å². The van der Waals surface area contributed by atoms with Gasteiger partial charge in [0.2, 0.25) is 5.91 Å². The highest BCUT2D eigenvalue weighted by atomic mass is 19.1. The first-order valence-corrected chi connectivity index (χ1v) is 5.98. The number of anilines is 1. The fourth-order valence-electron chi connectivity index (χ4n) is 2.11. The maximum absolute atomic E-state index is 13.0. The van der Waals surface area contributed by atoms with Crippen molar-refractivity contribution in [2.24, 2.45) is 5.41 Å². The van der Waals surface area contributed by atoms with E-state index in [4.69, 9.17) is 0 Å². The third-order valence-electron chi connectivity index (χ3n) is 3.38. The molecule has 1 aliphatic heterocycles. The molecule has 2 N–H and O–H groups in total. The second kappa shape index (κ2) is 5.02. The van der Waals surface area contributed by atoms with Gasteiger partial charge in [0.15, 0.2) is 0 Å². The van der Waals surface area contributed by atoms with Gasteiger partial charge in [-0.25, -0.2) is 8.78 Å². The highest BCUT2D eigenvalue weighted by Crippen LogP contribution is 2.29. The molecule has 1 fully saturated rings. The van der Waals surface area contributed by atoms with Crippen LogP contribution in [0.25, 0.3) is 0 Å². The van der Waals surface area contributed by atoms with Crippen molar-refractivity contribution < 1.29 is 13.6 Å². The van der Waals surface area contributed by atoms with E-state index >= 15 is 0 Å². The summed E-state index contributed by atoms with van der Waals surface area (Å²) in [6, 6.07) is 3.01. The lowest BCUT2D eigenvalue weighted by atomic mass is 9.80. The molecule has 0 aliphatic carbocycles. The minimum atomic E-state index is -0.694. The van der Waals surface area contributed by atoms with E-state index < -0.39 is 17.0 Å². The lowest BCUT2D eigenvalue weighted by molar-refractivity contribution is -0.126. The number of amides is 1. The van der Waals surface area contributed by atoms with Gasteiger partial charge in [0.05, 0.1) is 0 Å². The Balaban J connectivity index is 2.10. The van der Waals surface area contributed by atoms with E-state index in [-0.39, 0.29) is 11.6 Å². The molecule has 0 atom stereocenters. The third kappa shape index (κ3) is 2.85. The zero-order chi connectivity index (χ0) is 13.2. The van der Waals surface area contributed by atoms with Gasteiger partial charge in [-0.05, 0) is 38.1 Å². The Morgan fingerprint density at radius 1 is 1.22 bits per heavy atom. The second-order valence-electron chi connectivity index (χ2n) is 4.92. The molecule has 1 heterocycles. The summed E-state index contributed by atoms with van der Waals surface area (Å²) in [7, 11) is 0. The average Bonchev–Trinajstić information content (AvgIpc) is 2.28. The molecule has 0 radical (unpaired) electrons. The van der Waals surface area contributed by atoms with E-state index in [9.17, 15) is 13.6 Å². The highest BCUT2D eigenvalue weighted by molar-refractivity contribution is 5.95. The number of rotatable bonds is 2. The topological polar surface area (TPSA) is 41.1 Å². The van der Waals surface area contributed by atoms with E-state index in [1.165, 1.54) is 0 Å². The zero-order valence-electron chi connectivity index (χ0n) is 10.2. The molecule has 18 heavy (non-hydrogen) atoms. The standard InChI is InChI=1S/C13H16F2N2O/c1-13(2-4-16-5-3-13)12(18)17-11-7-9(14)6-10(15)8-11/h6-8,16H,2-5H2,1H3,(H,17,18). The summed E-state index contributed by atoms with van der Waals surface area (Å²) in [4.78, 5) is 12.1. The average molecular weight is 254 g/mol. The summed E-state index contributed by atoms with van der Waals surface area (Å²) >= 11 is 0. The predicted octanol–water partition coefficient (Wildman–Crippen LogP) is 2.29. The van der Waals surface area contributed by atoms with Gasteiger partial charge in [-0.15, -0.1) is 0 Å². The Bertz CT molecular complexity index is 436. The summed E-state index contributed by atoms with van der Waals surface area (Å²) in [6.07, 6.45) is 1.44. The van der Waals surface area contributed by atoms with Crippen molar-refractivity contribution >= 4 is 11.6 Å². The normalized spacial score (nSPS) is 18.4. The van der Waals surface area contributed by atoms with Crippen LogP contribution in [0.2, 0.25) is 0 Å². The van der Waals surface area contributed by atoms with Crippen LogP contribution >= 0.6 is 0 Å². The summed E-state index contributed by atoms with van der Waals surface area (Å²) in [5.41, 5.74) is -0.314. The number of halogens is 2. The maximum Gasteiger partial charge on any atom is 0.230 e. The molecule has 1 amide bonds. The minimum absolute atomic E-state index is 0.164. The van der Waals surface area contributed by atoms with E-state index in [0.29, 0.717) is 0 Å². The molecule has 5 heteroatoms. The largest absolute Gasteiger partial charge is 0.325 e. The van der Waals surface area contributed by atoms with Crippen molar-refractivity contribution in [1.82, 2.24) is 5.32 Å². The number of hydrogen-bond acceptors (Lipinski definition) is 2. The molecule has 0 saturated carbocycles. The molecule has 0 spiro atoms. The Morgan fingerprint density at radius 3 is 2.33 bits per heavy atom. The van der Waals surface area contributed by atoms with Crippen LogP contribution < -0.4 is 10.6 Å².